The maximum atomic E-state index is 8.99. The third-order valence-electron chi connectivity index (χ3n) is 2.76. The zero-order valence-electron chi connectivity index (χ0n) is 10.6. The Balaban J connectivity index is 2.51. The average Bonchev–Trinajstić information content (AvgIpc) is 2.46. The lowest BCUT2D eigenvalue weighted by molar-refractivity contribution is 0.415. The molecule has 0 saturated carbocycles. The van der Waals surface area contributed by atoms with Crippen LogP contribution < -0.4 is 9.64 Å². The van der Waals surface area contributed by atoms with Crippen molar-refractivity contribution in [3.63, 3.8) is 0 Å². The average molecular weight is 274 g/mol. The molecular weight excluding hydrogens is 262 g/mol. The number of methoxy groups -OCH3 is 1. The van der Waals surface area contributed by atoms with Gasteiger partial charge in [0.15, 0.2) is 5.82 Å². The summed E-state index contributed by atoms with van der Waals surface area (Å²) in [5.74, 6) is 1.23. The Hall–Kier alpha value is -2.25. The molecule has 4 nitrogen and oxygen atoms in total. The van der Waals surface area contributed by atoms with E-state index in [2.05, 4.69) is 4.98 Å². The van der Waals surface area contributed by atoms with Crippen LogP contribution in [0.15, 0.2) is 36.5 Å². The van der Waals surface area contributed by atoms with Crippen molar-refractivity contribution >= 4 is 23.1 Å². The molecule has 1 aromatic heterocycles. The highest BCUT2D eigenvalue weighted by molar-refractivity contribution is 6.34. The number of hydrogen-bond acceptors (Lipinski definition) is 4. The van der Waals surface area contributed by atoms with Crippen LogP contribution in [0.4, 0.5) is 11.5 Å². The zero-order chi connectivity index (χ0) is 13.8. The minimum absolute atomic E-state index is 0.332. The molecule has 1 heterocycles. The van der Waals surface area contributed by atoms with Gasteiger partial charge in [0.25, 0.3) is 0 Å². The van der Waals surface area contributed by atoms with Crippen molar-refractivity contribution < 1.29 is 4.74 Å². The molecule has 0 unspecified atom stereocenters. The van der Waals surface area contributed by atoms with Gasteiger partial charge in [-0.25, -0.2) is 4.98 Å². The molecule has 2 aromatic rings. The topological polar surface area (TPSA) is 49.1 Å². The number of benzene rings is 1. The monoisotopic (exact) mass is 273 g/mol. The number of rotatable bonds is 3. The summed E-state index contributed by atoms with van der Waals surface area (Å²) in [6.45, 7) is 0. The second-order valence-electron chi connectivity index (χ2n) is 3.84. The van der Waals surface area contributed by atoms with Gasteiger partial charge >= 0.3 is 0 Å². The number of ether oxygens (including phenoxy) is 1. The van der Waals surface area contributed by atoms with E-state index in [1.807, 2.05) is 37.4 Å². The Morgan fingerprint density at radius 1 is 1.32 bits per heavy atom. The summed E-state index contributed by atoms with van der Waals surface area (Å²) in [7, 11) is 3.43. The summed E-state index contributed by atoms with van der Waals surface area (Å²) in [4.78, 5) is 6.02. The van der Waals surface area contributed by atoms with Gasteiger partial charge in [0.05, 0.1) is 18.4 Å². The fourth-order valence-corrected chi connectivity index (χ4v) is 2.05. The van der Waals surface area contributed by atoms with E-state index in [1.165, 1.54) is 0 Å². The molecule has 0 aliphatic carbocycles. The highest BCUT2D eigenvalue weighted by atomic mass is 35.5. The number of nitriles is 1. The van der Waals surface area contributed by atoms with Gasteiger partial charge in [-0.15, -0.1) is 0 Å². The Labute approximate surface area is 116 Å². The van der Waals surface area contributed by atoms with Crippen LogP contribution in [0, 0.1) is 11.3 Å². The zero-order valence-corrected chi connectivity index (χ0v) is 11.3. The summed E-state index contributed by atoms with van der Waals surface area (Å²) < 4.78 is 5.31. The molecule has 0 fully saturated rings. The molecule has 0 spiro atoms. The lowest BCUT2D eigenvalue weighted by Gasteiger charge is -2.21. The quantitative estimate of drug-likeness (QED) is 0.860. The Morgan fingerprint density at radius 3 is 2.74 bits per heavy atom. The van der Waals surface area contributed by atoms with E-state index in [-0.39, 0.29) is 0 Å². The number of halogens is 1. The molecule has 0 aliphatic rings. The molecule has 2 rings (SSSR count). The first-order chi connectivity index (χ1) is 9.19. The highest BCUT2D eigenvalue weighted by Crippen LogP contribution is 2.35. The highest BCUT2D eigenvalue weighted by Gasteiger charge is 2.15. The molecule has 19 heavy (non-hydrogen) atoms. The largest absolute Gasteiger partial charge is 0.495 e. The van der Waals surface area contributed by atoms with Gasteiger partial charge in [0, 0.05) is 13.2 Å². The second kappa shape index (κ2) is 5.59. The smallest absolute Gasteiger partial charge is 0.152 e. The summed E-state index contributed by atoms with van der Waals surface area (Å²) in [6, 6.07) is 11.2. The van der Waals surface area contributed by atoms with E-state index in [0.29, 0.717) is 22.2 Å². The lowest BCUT2D eigenvalue weighted by atomic mass is 10.2. The lowest BCUT2D eigenvalue weighted by Crippen LogP contribution is -2.13. The van der Waals surface area contributed by atoms with Crippen LogP contribution in [-0.2, 0) is 0 Å². The molecule has 0 bridgehead atoms. The van der Waals surface area contributed by atoms with Crippen molar-refractivity contribution in [2.24, 2.45) is 0 Å². The Morgan fingerprint density at radius 2 is 2.05 bits per heavy atom. The van der Waals surface area contributed by atoms with Crippen LogP contribution in [0.1, 0.15) is 5.56 Å². The maximum Gasteiger partial charge on any atom is 0.152 e. The number of hydrogen-bond donors (Lipinski definition) is 0. The van der Waals surface area contributed by atoms with Crippen molar-refractivity contribution in [1.82, 2.24) is 4.98 Å². The summed E-state index contributed by atoms with van der Waals surface area (Å²) in [5, 5.41) is 9.32. The molecular formula is C14H12ClN3O. The van der Waals surface area contributed by atoms with E-state index in [0.717, 1.165) is 5.69 Å². The van der Waals surface area contributed by atoms with Gasteiger partial charge < -0.3 is 9.64 Å². The first-order valence-electron chi connectivity index (χ1n) is 5.60. The summed E-state index contributed by atoms with van der Waals surface area (Å²) >= 11 is 6.18. The van der Waals surface area contributed by atoms with E-state index in [1.54, 1.807) is 24.3 Å². The minimum atomic E-state index is 0.332. The van der Waals surface area contributed by atoms with Crippen molar-refractivity contribution in [2.45, 2.75) is 0 Å². The molecule has 1 aromatic carbocycles. The van der Waals surface area contributed by atoms with E-state index >= 15 is 0 Å². The van der Waals surface area contributed by atoms with Gasteiger partial charge in [0.2, 0.25) is 0 Å². The molecule has 0 amide bonds. The number of para-hydroxylation sites is 2. The minimum Gasteiger partial charge on any atom is -0.495 e. The van der Waals surface area contributed by atoms with Crippen LogP contribution in [-0.4, -0.2) is 19.1 Å². The van der Waals surface area contributed by atoms with Gasteiger partial charge in [-0.05, 0) is 18.2 Å². The number of nitrogens with zero attached hydrogens (tertiary/aromatic N) is 3. The van der Waals surface area contributed by atoms with E-state index < -0.39 is 0 Å². The van der Waals surface area contributed by atoms with Crippen LogP contribution >= 0.6 is 11.6 Å². The predicted molar refractivity (Wildman–Crippen MR) is 75.0 cm³/mol. The SMILES string of the molecule is COc1ccccc1N(C)c1nccc(C#N)c1Cl. The van der Waals surface area contributed by atoms with Gasteiger partial charge in [0.1, 0.15) is 16.8 Å². The van der Waals surface area contributed by atoms with Crippen molar-refractivity contribution in [1.29, 1.82) is 5.26 Å². The standard InChI is InChI=1S/C14H12ClN3O/c1-18(11-5-3-4-6-12(11)19-2)14-13(15)10(9-16)7-8-17-14/h3-8H,1-2H3. The second-order valence-corrected chi connectivity index (χ2v) is 4.22. The van der Waals surface area contributed by atoms with Gasteiger partial charge in [-0.1, -0.05) is 23.7 Å². The van der Waals surface area contributed by atoms with Gasteiger partial charge in [-0.3, -0.25) is 0 Å². The van der Waals surface area contributed by atoms with Crippen LogP contribution in [0.25, 0.3) is 0 Å². The van der Waals surface area contributed by atoms with E-state index in [4.69, 9.17) is 21.6 Å². The molecule has 0 N–H and O–H groups in total. The van der Waals surface area contributed by atoms with Crippen molar-refractivity contribution in [2.75, 3.05) is 19.1 Å². The van der Waals surface area contributed by atoms with Gasteiger partial charge in [-0.2, -0.15) is 5.26 Å². The summed E-state index contributed by atoms with van der Waals surface area (Å²) in [5.41, 5.74) is 1.22. The van der Waals surface area contributed by atoms with Crippen molar-refractivity contribution in [3.8, 4) is 11.8 Å². The normalized spacial score (nSPS) is 9.79. The molecule has 0 atom stereocenters. The van der Waals surface area contributed by atoms with Crippen LogP contribution in [0.3, 0.4) is 0 Å². The molecule has 0 radical (unpaired) electrons. The van der Waals surface area contributed by atoms with Crippen molar-refractivity contribution in [3.05, 3.63) is 47.1 Å². The number of aromatic nitrogens is 1. The van der Waals surface area contributed by atoms with E-state index in [9.17, 15) is 0 Å². The number of pyridine rings is 1. The molecule has 0 aliphatic heterocycles. The Bertz CT molecular complexity index is 637. The van der Waals surface area contributed by atoms with Crippen LogP contribution in [0.5, 0.6) is 5.75 Å². The maximum absolute atomic E-state index is 8.99. The first-order valence-corrected chi connectivity index (χ1v) is 5.98. The fraction of sp³-hybridized carbons (Fsp3) is 0.143. The molecule has 96 valence electrons. The predicted octanol–water partition coefficient (Wildman–Crippen LogP) is 3.38. The Kier molecular flexibility index (Phi) is 3.88. The first kappa shape index (κ1) is 13.2. The molecule has 5 heteroatoms. The summed E-state index contributed by atoms with van der Waals surface area (Å²) in [6.07, 6.45) is 1.56. The molecule has 0 saturated heterocycles. The van der Waals surface area contributed by atoms with Crippen LogP contribution in [0.2, 0.25) is 5.02 Å². The number of anilines is 2. The third-order valence-corrected chi connectivity index (χ3v) is 3.13. The fourth-order valence-electron chi connectivity index (χ4n) is 1.77. The third kappa shape index (κ3) is 2.47.